The number of halogens is 1. The molecule has 0 radical (unpaired) electrons. The number of aliphatic hydroxyl groups excluding tert-OH is 1. The standard InChI is InChI=1S/C26H35ClO9/c1-7-8-16(29)34-15-9-10-25(6)17(11(15)2)22(33-14(5)28)26(32)13(4)24(31)36-23(26)18(27)12(3)19-20(35-19)21(25)30/h9-11,13,15,17-23,30,32H,3,7-8H2,1-2,4-6H3/t11-,13-,15+,17+,18-,19+,20+,21-,22-,23-,25-,26+/m0/s1. The smallest absolute Gasteiger partial charge is 0.312 e. The minimum atomic E-state index is -2.07. The zero-order chi connectivity index (χ0) is 26.7. The maximum Gasteiger partial charge on any atom is 0.312 e. The third-order valence-corrected chi connectivity index (χ3v) is 8.96. The van der Waals surface area contributed by atoms with E-state index in [4.69, 9.17) is 30.5 Å². The lowest BCUT2D eigenvalue weighted by Gasteiger charge is -2.53. The van der Waals surface area contributed by atoms with Gasteiger partial charge < -0.3 is 29.2 Å². The predicted octanol–water partition coefficient (Wildman–Crippen LogP) is 2.06. The first-order valence-electron chi connectivity index (χ1n) is 12.4. The zero-order valence-corrected chi connectivity index (χ0v) is 21.9. The maximum absolute atomic E-state index is 12.8. The van der Waals surface area contributed by atoms with Gasteiger partial charge in [0.2, 0.25) is 0 Å². The third kappa shape index (κ3) is 4.08. The van der Waals surface area contributed by atoms with Crippen molar-refractivity contribution >= 4 is 29.5 Å². The summed E-state index contributed by atoms with van der Waals surface area (Å²) in [6.45, 7) is 12.1. The van der Waals surface area contributed by atoms with Crippen LogP contribution in [0.1, 0.15) is 47.5 Å². The van der Waals surface area contributed by atoms with Crippen molar-refractivity contribution in [1.82, 2.24) is 0 Å². The lowest BCUT2D eigenvalue weighted by atomic mass is 9.56. The van der Waals surface area contributed by atoms with Crippen LogP contribution in [0.4, 0.5) is 0 Å². The molecule has 0 unspecified atom stereocenters. The minimum Gasteiger partial charge on any atom is -0.459 e. The minimum absolute atomic E-state index is 0.230. The Labute approximate surface area is 215 Å². The van der Waals surface area contributed by atoms with Gasteiger partial charge in [-0.1, -0.05) is 33.4 Å². The average Bonchev–Trinajstić information content (AvgIpc) is 3.57. The Bertz CT molecular complexity index is 980. The molecular formula is C26H35ClO9. The van der Waals surface area contributed by atoms with Gasteiger partial charge >= 0.3 is 17.9 Å². The first-order chi connectivity index (χ1) is 16.8. The van der Waals surface area contributed by atoms with E-state index in [-0.39, 0.29) is 12.4 Å². The monoisotopic (exact) mass is 526 g/mol. The number of hydrogen-bond donors (Lipinski definition) is 2. The molecular weight excluding hydrogens is 492 g/mol. The molecule has 2 saturated heterocycles. The van der Waals surface area contributed by atoms with Crippen molar-refractivity contribution in [3.63, 3.8) is 0 Å². The Morgan fingerprint density at radius 2 is 1.94 bits per heavy atom. The highest BCUT2D eigenvalue weighted by Gasteiger charge is 2.70. The summed E-state index contributed by atoms with van der Waals surface area (Å²) in [6.07, 6.45) is -1.44. The fourth-order valence-corrected chi connectivity index (χ4v) is 6.66. The number of alkyl halides is 1. The Morgan fingerprint density at radius 3 is 2.56 bits per heavy atom. The van der Waals surface area contributed by atoms with Crippen molar-refractivity contribution in [3.05, 3.63) is 24.3 Å². The molecule has 4 aliphatic rings. The van der Waals surface area contributed by atoms with Crippen LogP contribution < -0.4 is 0 Å². The van der Waals surface area contributed by atoms with Gasteiger partial charge in [0, 0.05) is 30.6 Å². The lowest BCUT2D eigenvalue weighted by molar-refractivity contribution is -0.212. The van der Waals surface area contributed by atoms with Crippen molar-refractivity contribution in [2.24, 2.45) is 23.2 Å². The number of hydrogen-bond acceptors (Lipinski definition) is 9. The van der Waals surface area contributed by atoms with Gasteiger partial charge in [-0.3, -0.25) is 14.4 Å². The first kappa shape index (κ1) is 27.1. The van der Waals surface area contributed by atoms with Crippen LogP contribution >= 0.6 is 11.6 Å². The van der Waals surface area contributed by atoms with Gasteiger partial charge in [-0.15, -0.1) is 11.6 Å². The highest BCUT2D eigenvalue weighted by atomic mass is 35.5. The second-order valence-electron chi connectivity index (χ2n) is 10.8. The number of carbonyl (C=O) groups excluding carboxylic acids is 3. The Morgan fingerprint density at radius 1 is 1.28 bits per heavy atom. The van der Waals surface area contributed by atoms with Gasteiger partial charge in [0.1, 0.15) is 24.4 Å². The second kappa shape index (κ2) is 9.42. The molecule has 0 bridgehead atoms. The predicted molar refractivity (Wildman–Crippen MR) is 128 cm³/mol. The number of carbonyl (C=O) groups is 3. The van der Waals surface area contributed by atoms with E-state index in [1.807, 2.05) is 6.92 Å². The van der Waals surface area contributed by atoms with Crippen LogP contribution in [0.15, 0.2) is 24.3 Å². The van der Waals surface area contributed by atoms with Gasteiger partial charge in [0.05, 0.1) is 17.4 Å². The van der Waals surface area contributed by atoms with Crippen LogP contribution in [0.2, 0.25) is 0 Å². The average molecular weight is 527 g/mol. The molecule has 2 N–H and O–H groups in total. The molecule has 1 saturated carbocycles. The van der Waals surface area contributed by atoms with E-state index >= 15 is 0 Å². The first-order valence-corrected chi connectivity index (χ1v) is 12.9. The number of ether oxygens (including phenoxy) is 4. The molecule has 2 aliphatic carbocycles. The van der Waals surface area contributed by atoms with Crippen molar-refractivity contribution in [1.29, 1.82) is 0 Å². The summed E-state index contributed by atoms with van der Waals surface area (Å²) in [5, 5.41) is 22.8. The summed E-state index contributed by atoms with van der Waals surface area (Å²) in [6, 6.07) is 0. The molecule has 3 fully saturated rings. The van der Waals surface area contributed by atoms with Crippen LogP contribution in [0, 0.1) is 23.2 Å². The molecule has 4 rings (SSSR count). The summed E-state index contributed by atoms with van der Waals surface area (Å²) in [5.41, 5.74) is -2.82. The van der Waals surface area contributed by atoms with Crippen LogP contribution in [0.5, 0.6) is 0 Å². The third-order valence-electron chi connectivity index (χ3n) is 8.45. The summed E-state index contributed by atoms with van der Waals surface area (Å²) >= 11 is 6.72. The van der Waals surface area contributed by atoms with E-state index in [0.717, 1.165) is 0 Å². The fourth-order valence-electron chi connectivity index (χ4n) is 6.28. The zero-order valence-electron chi connectivity index (χ0n) is 21.2. The number of esters is 3. The van der Waals surface area contributed by atoms with Crippen molar-refractivity contribution < 1.29 is 43.5 Å². The molecule has 9 nitrogen and oxygen atoms in total. The van der Waals surface area contributed by atoms with Crippen LogP contribution in [0.25, 0.3) is 0 Å². The highest BCUT2D eigenvalue weighted by molar-refractivity contribution is 6.23. The molecule has 2 heterocycles. The molecule has 0 aromatic heterocycles. The second-order valence-corrected chi connectivity index (χ2v) is 11.2. The molecule has 36 heavy (non-hydrogen) atoms. The van der Waals surface area contributed by atoms with Crippen LogP contribution in [0.3, 0.4) is 0 Å². The SMILES string of the molecule is C=C1[C@H]2O[C@H]2[C@H](O)[C@@]2(C)C=C[C@@H](OC(=O)CCC)[C@H](C)[C@@H]2[C@H](OC(C)=O)[C@]2(O)[C@@H](C)C(=O)O[C@H]2[C@H]1Cl. The Balaban J connectivity index is 1.90. The van der Waals surface area contributed by atoms with E-state index in [9.17, 15) is 24.6 Å². The fraction of sp³-hybridized carbons (Fsp3) is 0.731. The van der Waals surface area contributed by atoms with Crippen LogP contribution in [-0.4, -0.2) is 75.7 Å². The van der Waals surface area contributed by atoms with E-state index in [2.05, 4.69) is 6.58 Å². The van der Waals surface area contributed by atoms with Crippen molar-refractivity contribution in [3.8, 4) is 0 Å². The van der Waals surface area contributed by atoms with E-state index in [0.29, 0.717) is 12.0 Å². The van der Waals surface area contributed by atoms with Crippen molar-refractivity contribution in [2.75, 3.05) is 0 Å². The Kier molecular flexibility index (Phi) is 7.09. The van der Waals surface area contributed by atoms with E-state index < -0.39 is 82.7 Å². The Hall–Kier alpha value is -1.94. The number of aliphatic hydroxyl groups is 2. The molecule has 0 amide bonds. The quantitative estimate of drug-likeness (QED) is 0.186. The largest absolute Gasteiger partial charge is 0.459 e. The molecule has 0 spiro atoms. The summed E-state index contributed by atoms with van der Waals surface area (Å²) in [7, 11) is 0. The molecule has 10 heteroatoms. The van der Waals surface area contributed by atoms with Crippen LogP contribution in [-0.2, 0) is 33.3 Å². The number of epoxide rings is 1. The molecule has 0 aromatic rings. The normalized spacial score (nSPS) is 47.7. The van der Waals surface area contributed by atoms with Gasteiger partial charge in [0.25, 0.3) is 0 Å². The van der Waals surface area contributed by atoms with E-state index in [1.165, 1.54) is 13.8 Å². The van der Waals surface area contributed by atoms with Gasteiger partial charge in [0.15, 0.2) is 11.7 Å². The number of rotatable bonds is 4. The summed E-state index contributed by atoms with van der Waals surface area (Å²) in [4.78, 5) is 37.6. The van der Waals surface area contributed by atoms with Crippen molar-refractivity contribution in [2.45, 2.75) is 95.1 Å². The molecule has 2 aliphatic heterocycles. The maximum atomic E-state index is 12.8. The topological polar surface area (TPSA) is 132 Å². The molecule has 12 atom stereocenters. The summed E-state index contributed by atoms with van der Waals surface area (Å²) < 4.78 is 22.9. The van der Waals surface area contributed by atoms with Gasteiger partial charge in [-0.05, 0) is 25.0 Å². The number of fused-ring (bicyclic) bond motifs is 3. The highest BCUT2D eigenvalue weighted by Crippen LogP contribution is 2.56. The van der Waals surface area contributed by atoms with Gasteiger partial charge in [-0.25, -0.2) is 0 Å². The van der Waals surface area contributed by atoms with Gasteiger partial charge in [-0.2, -0.15) is 0 Å². The molecule has 0 aromatic carbocycles. The molecule has 200 valence electrons. The van der Waals surface area contributed by atoms with E-state index in [1.54, 1.807) is 26.0 Å². The lowest BCUT2D eigenvalue weighted by Crippen LogP contribution is -2.66. The summed E-state index contributed by atoms with van der Waals surface area (Å²) in [5.74, 6) is -4.25.